The molecule has 13 heteroatoms. The highest BCUT2D eigenvalue weighted by Crippen LogP contribution is 2.48. The Labute approximate surface area is 239 Å². The Balaban J connectivity index is 1.55. The first kappa shape index (κ1) is 22.8. The van der Waals surface area contributed by atoms with Crippen molar-refractivity contribution < 1.29 is 18.5 Å². The number of hydrogen-bond donors (Lipinski definition) is 1. The number of benzene rings is 1. The maximum absolute atomic E-state index is 16.9. The zero-order chi connectivity index (χ0) is 25.4. The predicted octanol–water partition coefficient (Wildman–Crippen LogP) is 7.40. The highest BCUT2D eigenvalue weighted by atomic mass is 79.9. The van der Waals surface area contributed by atoms with E-state index in [1.165, 1.54) is 66.4 Å². The van der Waals surface area contributed by atoms with Crippen molar-refractivity contribution in [2.45, 2.75) is 0 Å². The number of allylic oxidation sites excluding steroid dienone is 1. The first-order chi connectivity index (χ1) is 17.7. The highest BCUT2D eigenvalue weighted by molar-refractivity contribution is 9.11. The van der Waals surface area contributed by atoms with Crippen LogP contribution in [0.1, 0.15) is 21.6 Å². The number of aromatic nitrogens is 1. The smallest absolute Gasteiger partial charge is 0.478 e. The van der Waals surface area contributed by atoms with Crippen LogP contribution in [0.25, 0.3) is 40.7 Å². The molecule has 0 saturated carbocycles. The van der Waals surface area contributed by atoms with E-state index in [4.69, 9.17) is 0 Å². The number of hydrogen-bond acceptors (Lipinski definition) is 5. The minimum Gasteiger partial charge on any atom is -0.478 e. The molecule has 0 atom stereocenters. The van der Waals surface area contributed by atoms with Gasteiger partial charge in [0.1, 0.15) is 9.23 Å². The fraction of sp³-hybridized carbons (Fsp3) is 0. The Kier molecular flexibility index (Phi) is 4.61. The maximum Gasteiger partial charge on any atom is 0.738 e. The van der Waals surface area contributed by atoms with Crippen molar-refractivity contribution in [3.8, 4) is 0 Å². The maximum atomic E-state index is 16.9. The molecule has 37 heavy (non-hydrogen) atoms. The largest absolute Gasteiger partial charge is 0.738 e. The molecule has 0 bridgehead atoms. The number of aromatic carboxylic acids is 1. The van der Waals surface area contributed by atoms with E-state index in [-0.39, 0.29) is 5.56 Å². The van der Waals surface area contributed by atoms with Crippen LogP contribution in [0.15, 0.2) is 55.7 Å². The second-order valence-electron chi connectivity index (χ2n) is 8.76. The van der Waals surface area contributed by atoms with Gasteiger partial charge in [0.15, 0.2) is 11.1 Å². The molecule has 2 aliphatic heterocycles. The third kappa shape index (κ3) is 2.95. The van der Waals surface area contributed by atoms with Crippen molar-refractivity contribution in [3.63, 3.8) is 0 Å². The minimum absolute atomic E-state index is 0.151. The van der Waals surface area contributed by atoms with Crippen LogP contribution in [0, 0.1) is 0 Å². The Morgan fingerprint density at radius 2 is 1.59 bits per heavy atom. The number of carbonyl (C=O) groups is 1. The van der Waals surface area contributed by atoms with E-state index in [1.54, 1.807) is 12.1 Å². The molecule has 1 N–H and O–H groups in total. The van der Waals surface area contributed by atoms with Gasteiger partial charge < -0.3 is 22.7 Å². The lowest BCUT2D eigenvalue weighted by molar-refractivity contribution is 0.0697. The first-order valence-corrected chi connectivity index (χ1v) is 15.8. The molecule has 4 nitrogen and oxygen atoms in total. The quantitative estimate of drug-likeness (QED) is 0.192. The monoisotopic (exact) mass is 692 g/mol. The molecule has 182 valence electrons. The molecular weight excluding hydrogens is 685 g/mol. The molecule has 0 unspecified atom stereocenters. The van der Waals surface area contributed by atoms with Gasteiger partial charge in [-0.25, -0.2) is 4.79 Å². The van der Waals surface area contributed by atoms with Gasteiger partial charge in [-0.2, -0.15) is 0 Å². The van der Waals surface area contributed by atoms with Crippen LogP contribution in [0.4, 0.5) is 8.63 Å². The van der Waals surface area contributed by atoms with Gasteiger partial charge in [0.2, 0.25) is 0 Å². The number of halogens is 4. The van der Waals surface area contributed by atoms with Gasteiger partial charge in [-0.15, -0.1) is 45.3 Å². The SMILES string of the molecule is O=C(O)c1ccc(C2=C3C=c4sc5cc(Br)sc5c4=[N+]3[B-](F)(F)n3c2cc2sc4cc(Br)sc4c23)cc1. The van der Waals surface area contributed by atoms with Gasteiger partial charge in [0.25, 0.3) is 0 Å². The molecule has 8 rings (SSSR count). The zero-order valence-corrected chi connectivity index (χ0v) is 24.5. The Morgan fingerprint density at radius 1 is 0.919 bits per heavy atom. The number of carboxylic acid groups (broad SMARTS) is 1. The summed E-state index contributed by atoms with van der Waals surface area (Å²) < 4.78 is 43.3. The normalized spacial score (nSPS) is 16.1. The van der Waals surface area contributed by atoms with E-state index < -0.39 is 12.9 Å². The van der Waals surface area contributed by atoms with Crippen LogP contribution in [0.3, 0.4) is 0 Å². The van der Waals surface area contributed by atoms with E-state index in [9.17, 15) is 9.90 Å². The van der Waals surface area contributed by atoms with Gasteiger partial charge in [0.05, 0.1) is 32.8 Å². The lowest BCUT2D eigenvalue weighted by Crippen LogP contribution is -2.56. The molecule has 0 saturated heterocycles. The summed E-state index contributed by atoms with van der Waals surface area (Å²) >= 11 is 13.0. The lowest BCUT2D eigenvalue weighted by atomic mass is 9.86. The Morgan fingerprint density at radius 3 is 2.30 bits per heavy atom. The molecule has 0 fully saturated rings. The number of nitrogens with zero attached hydrogens (tertiary/aromatic N) is 2. The Bertz CT molecular complexity index is 2180. The van der Waals surface area contributed by atoms with Gasteiger partial charge in [-0.3, -0.25) is 0 Å². The summed E-state index contributed by atoms with van der Waals surface area (Å²) in [6.45, 7) is -4.23. The van der Waals surface area contributed by atoms with Crippen LogP contribution in [0.5, 0.6) is 0 Å². The van der Waals surface area contributed by atoms with E-state index in [0.717, 1.165) is 35.6 Å². The fourth-order valence-corrected chi connectivity index (χ4v) is 11.7. The summed E-state index contributed by atoms with van der Waals surface area (Å²) in [5, 5.41) is 9.94. The van der Waals surface area contributed by atoms with Crippen molar-refractivity contribution in [1.29, 1.82) is 0 Å². The van der Waals surface area contributed by atoms with E-state index in [2.05, 4.69) is 31.9 Å². The standard InChI is InChI=1S/C24H9BBr2F2N2O2S4/c26-17-7-15-22(36-17)20-13(34-15)5-11-19(9-1-3-10(4-2-9)24(32)33)12-6-14-21(31(12)25(28,29)30(11)20)23-16(35-14)8-18(27)37-23/h1-8H,(H,32,33). The second kappa shape index (κ2) is 7.48. The molecule has 6 aromatic rings. The average Bonchev–Trinajstić information content (AvgIpc) is 3.63. The third-order valence-corrected chi connectivity index (χ3v) is 12.5. The van der Waals surface area contributed by atoms with Gasteiger partial charge in [-0.1, -0.05) is 12.1 Å². The summed E-state index contributed by atoms with van der Waals surface area (Å²) in [5.74, 6) is -1.03. The number of carboxylic acids is 1. The highest BCUT2D eigenvalue weighted by Gasteiger charge is 2.54. The van der Waals surface area contributed by atoms with E-state index >= 15 is 8.63 Å². The van der Waals surface area contributed by atoms with Crippen LogP contribution in [0.2, 0.25) is 0 Å². The molecule has 0 aliphatic carbocycles. The molecule has 0 amide bonds. The van der Waals surface area contributed by atoms with Crippen molar-refractivity contribution >= 4 is 131 Å². The van der Waals surface area contributed by atoms with Gasteiger partial charge in [-0.05, 0) is 67.8 Å². The number of rotatable bonds is 2. The van der Waals surface area contributed by atoms with E-state index in [1.807, 2.05) is 24.3 Å². The summed E-state index contributed by atoms with van der Waals surface area (Å²) in [4.78, 5) is 11.5. The number of fused-ring (bicyclic) bond motifs is 9. The summed E-state index contributed by atoms with van der Waals surface area (Å²) in [7, 11) is 0. The van der Waals surface area contributed by atoms with Crippen LogP contribution in [-0.2, 0) is 0 Å². The predicted molar refractivity (Wildman–Crippen MR) is 158 cm³/mol. The fourth-order valence-electron chi connectivity index (χ4n) is 5.36. The average molecular weight is 694 g/mol. The summed E-state index contributed by atoms with van der Waals surface area (Å²) in [6, 6.07) is 12.3. The van der Waals surface area contributed by atoms with Gasteiger partial charge >= 0.3 is 12.9 Å². The molecule has 1 aromatic carbocycles. The topological polar surface area (TPSA) is 45.2 Å². The van der Waals surface area contributed by atoms with Crippen LogP contribution in [-0.4, -0.2) is 22.5 Å². The molecule has 0 radical (unpaired) electrons. The molecule has 7 heterocycles. The van der Waals surface area contributed by atoms with Crippen molar-refractivity contribution in [2.75, 3.05) is 0 Å². The molecule has 5 aromatic heterocycles. The van der Waals surface area contributed by atoms with Crippen LogP contribution < -0.4 is 14.4 Å². The minimum atomic E-state index is -4.23. The zero-order valence-electron chi connectivity index (χ0n) is 18.1. The van der Waals surface area contributed by atoms with Gasteiger partial charge in [0, 0.05) is 22.0 Å². The van der Waals surface area contributed by atoms with E-state index in [0.29, 0.717) is 33.4 Å². The second-order valence-corrected chi connectivity index (χ2v) is 15.8. The lowest BCUT2D eigenvalue weighted by Gasteiger charge is -2.31. The Hall–Kier alpha value is -2.16. The van der Waals surface area contributed by atoms with Crippen LogP contribution >= 0.6 is 77.2 Å². The number of thiophene rings is 4. The molecular formula is C24H9BBr2F2N2O2S4. The van der Waals surface area contributed by atoms with Crippen molar-refractivity contribution in [2.24, 2.45) is 0 Å². The third-order valence-electron chi connectivity index (χ3n) is 6.76. The summed E-state index contributed by atoms with van der Waals surface area (Å²) in [6.07, 6.45) is 1.86. The summed E-state index contributed by atoms with van der Waals surface area (Å²) in [5.41, 5.74) is 2.95. The van der Waals surface area contributed by atoms with Crippen molar-refractivity contribution in [1.82, 2.24) is 8.96 Å². The molecule has 2 aliphatic rings. The molecule has 0 spiro atoms. The van der Waals surface area contributed by atoms with Crippen molar-refractivity contribution in [3.05, 3.63) is 82.4 Å². The first-order valence-electron chi connectivity index (χ1n) is 10.9.